The molecule has 0 unspecified atom stereocenters. The lowest BCUT2D eigenvalue weighted by atomic mass is 10.2. The molecule has 1 rings (SSSR count). The minimum Gasteiger partial charge on any atom is -0.449 e. The van der Waals surface area contributed by atoms with E-state index in [2.05, 4.69) is 24.9 Å². The summed E-state index contributed by atoms with van der Waals surface area (Å²) in [6, 6.07) is 7.55. The Hall–Kier alpha value is -1.16. The second-order valence-corrected chi connectivity index (χ2v) is 3.79. The molecule has 0 aliphatic heterocycles. The van der Waals surface area contributed by atoms with Gasteiger partial charge in [-0.3, -0.25) is 5.32 Å². The van der Waals surface area contributed by atoms with E-state index >= 15 is 0 Å². The summed E-state index contributed by atoms with van der Waals surface area (Å²) in [5.74, 6) is 0.653. The Morgan fingerprint density at radius 1 is 1.50 bits per heavy atom. The summed E-state index contributed by atoms with van der Waals surface area (Å²) in [5, 5.41) is 2.68. The van der Waals surface area contributed by atoms with E-state index in [0.717, 1.165) is 24.1 Å². The minimum absolute atomic E-state index is 0.398. The van der Waals surface area contributed by atoms with Gasteiger partial charge in [0.1, 0.15) is 0 Å². The summed E-state index contributed by atoms with van der Waals surface area (Å²) < 4.78 is 4.99. The molecule has 0 spiro atoms. The van der Waals surface area contributed by atoms with Crippen LogP contribution in [0.25, 0.3) is 0 Å². The van der Waals surface area contributed by atoms with E-state index < -0.39 is 6.09 Å². The molecule has 3 nitrogen and oxygen atoms in total. The van der Waals surface area contributed by atoms with Crippen LogP contribution in [0, 0.1) is 0 Å². The number of carbonyl (C=O) groups is 1. The molecule has 1 N–H and O–H groups in total. The van der Waals surface area contributed by atoms with Gasteiger partial charge in [0.15, 0.2) is 0 Å². The van der Waals surface area contributed by atoms with Gasteiger partial charge in [0.05, 0.1) is 6.61 Å². The van der Waals surface area contributed by atoms with Crippen molar-refractivity contribution in [2.24, 2.45) is 0 Å². The third-order valence-electron chi connectivity index (χ3n) is 2.09. The molecule has 0 aromatic heterocycles. The van der Waals surface area contributed by atoms with Gasteiger partial charge in [0.2, 0.25) is 0 Å². The zero-order chi connectivity index (χ0) is 11.8. The lowest BCUT2D eigenvalue weighted by molar-refractivity contribution is 0.160. The number of nitrogens with one attached hydrogen (secondary N) is 1. The fraction of sp³-hybridized carbons (Fsp3) is 0.417. The van der Waals surface area contributed by atoms with Crippen LogP contribution in [0.4, 0.5) is 10.5 Å². The number of hydrogen-bond donors (Lipinski definition) is 2. The topological polar surface area (TPSA) is 38.3 Å². The fourth-order valence-electron chi connectivity index (χ4n) is 1.21. The first-order valence-corrected chi connectivity index (χ1v) is 6.03. The van der Waals surface area contributed by atoms with E-state index in [-0.39, 0.29) is 0 Å². The van der Waals surface area contributed by atoms with Crippen molar-refractivity contribution in [1.29, 1.82) is 0 Å². The number of hydrogen-bond acceptors (Lipinski definition) is 3. The second-order valence-electron chi connectivity index (χ2n) is 3.47. The molecule has 1 aromatic rings. The van der Waals surface area contributed by atoms with Gasteiger partial charge < -0.3 is 4.74 Å². The van der Waals surface area contributed by atoms with Gasteiger partial charge in [-0.1, -0.05) is 25.5 Å². The fourth-order valence-corrected chi connectivity index (χ4v) is 1.41. The van der Waals surface area contributed by atoms with Gasteiger partial charge in [-0.25, -0.2) is 4.79 Å². The first-order chi connectivity index (χ1) is 7.76. The van der Waals surface area contributed by atoms with Crippen molar-refractivity contribution in [3.63, 3.8) is 0 Å². The van der Waals surface area contributed by atoms with Crippen LogP contribution in [0.2, 0.25) is 0 Å². The predicted octanol–water partition coefficient (Wildman–Crippen LogP) is 3.47. The molecule has 0 radical (unpaired) electrons. The Bertz CT molecular complexity index is 342. The highest BCUT2D eigenvalue weighted by atomic mass is 32.1. The summed E-state index contributed by atoms with van der Waals surface area (Å²) in [6.45, 7) is 2.52. The van der Waals surface area contributed by atoms with Crippen LogP contribution in [0.15, 0.2) is 24.3 Å². The van der Waals surface area contributed by atoms with Crippen LogP contribution in [0.1, 0.15) is 25.3 Å². The number of anilines is 1. The first-order valence-electron chi connectivity index (χ1n) is 5.40. The Kier molecular flexibility index (Phi) is 5.78. The maximum atomic E-state index is 11.3. The average Bonchev–Trinajstić information content (AvgIpc) is 2.29. The molecule has 0 heterocycles. The molecule has 0 aliphatic rings. The summed E-state index contributed by atoms with van der Waals surface area (Å²) in [5.41, 5.74) is 1.81. The van der Waals surface area contributed by atoms with Crippen LogP contribution in [0.5, 0.6) is 0 Å². The Morgan fingerprint density at radius 2 is 2.31 bits per heavy atom. The van der Waals surface area contributed by atoms with Crippen molar-refractivity contribution in [3.8, 4) is 0 Å². The predicted molar refractivity (Wildman–Crippen MR) is 69.0 cm³/mol. The molecule has 0 atom stereocenters. The quantitative estimate of drug-likeness (QED) is 0.610. The average molecular weight is 239 g/mol. The Morgan fingerprint density at radius 3 is 3.00 bits per heavy atom. The smallest absolute Gasteiger partial charge is 0.411 e. The Labute approximate surface area is 102 Å². The van der Waals surface area contributed by atoms with Crippen molar-refractivity contribution in [2.45, 2.75) is 25.5 Å². The van der Waals surface area contributed by atoms with E-state index in [9.17, 15) is 4.79 Å². The summed E-state index contributed by atoms with van der Waals surface area (Å²) >= 11 is 4.17. The number of unbranched alkanes of at least 4 members (excludes halogenated alkanes) is 1. The van der Waals surface area contributed by atoms with Gasteiger partial charge in [-0.05, 0) is 24.1 Å². The van der Waals surface area contributed by atoms with E-state index in [1.165, 1.54) is 0 Å². The standard InChI is InChI=1S/C12H17NO2S/c1-2-3-7-15-12(14)13-11-6-4-5-10(8-11)9-16/h4-6,8,16H,2-3,7,9H2,1H3,(H,13,14). The number of ether oxygens (including phenoxy) is 1. The molecule has 88 valence electrons. The van der Waals surface area contributed by atoms with Gasteiger partial charge >= 0.3 is 6.09 Å². The highest BCUT2D eigenvalue weighted by Gasteiger charge is 2.02. The second kappa shape index (κ2) is 7.17. The number of amides is 1. The summed E-state index contributed by atoms with van der Waals surface area (Å²) in [7, 11) is 0. The van der Waals surface area contributed by atoms with Crippen molar-refractivity contribution >= 4 is 24.4 Å². The highest BCUT2D eigenvalue weighted by molar-refractivity contribution is 7.79. The maximum absolute atomic E-state index is 11.3. The van der Waals surface area contributed by atoms with Crippen molar-refractivity contribution < 1.29 is 9.53 Å². The van der Waals surface area contributed by atoms with Crippen molar-refractivity contribution in [2.75, 3.05) is 11.9 Å². The maximum Gasteiger partial charge on any atom is 0.411 e. The highest BCUT2D eigenvalue weighted by Crippen LogP contribution is 2.12. The zero-order valence-corrected chi connectivity index (χ0v) is 10.3. The van der Waals surface area contributed by atoms with Gasteiger partial charge in [-0.15, -0.1) is 0 Å². The molecule has 0 aliphatic carbocycles. The van der Waals surface area contributed by atoms with Crippen LogP contribution < -0.4 is 5.32 Å². The lowest BCUT2D eigenvalue weighted by Gasteiger charge is -2.07. The molecular weight excluding hydrogens is 222 g/mol. The van der Waals surface area contributed by atoms with Crippen LogP contribution in [0.3, 0.4) is 0 Å². The molecule has 0 fully saturated rings. The van der Waals surface area contributed by atoms with Gasteiger partial charge in [0.25, 0.3) is 0 Å². The third-order valence-corrected chi connectivity index (χ3v) is 2.45. The van der Waals surface area contributed by atoms with Crippen LogP contribution >= 0.6 is 12.6 Å². The first kappa shape index (κ1) is 12.9. The lowest BCUT2D eigenvalue weighted by Crippen LogP contribution is -2.14. The monoisotopic (exact) mass is 239 g/mol. The van der Waals surface area contributed by atoms with Gasteiger partial charge in [-0.2, -0.15) is 12.6 Å². The zero-order valence-electron chi connectivity index (χ0n) is 9.40. The summed E-state index contributed by atoms with van der Waals surface area (Å²) in [6.07, 6.45) is 1.51. The van der Waals surface area contributed by atoms with E-state index in [4.69, 9.17) is 4.74 Å². The molecule has 16 heavy (non-hydrogen) atoms. The van der Waals surface area contributed by atoms with Crippen molar-refractivity contribution in [3.05, 3.63) is 29.8 Å². The molecule has 4 heteroatoms. The molecule has 1 amide bonds. The molecule has 0 bridgehead atoms. The third kappa shape index (κ3) is 4.57. The number of rotatable bonds is 5. The summed E-state index contributed by atoms with van der Waals surface area (Å²) in [4.78, 5) is 11.3. The van der Waals surface area contributed by atoms with Gasteiger partial charge in [0, 0.05) is 11.4 Å². The molecule has 0 saturated heterocycles. The number of thiol groups is 1. The largest absolute Gasteiger partial charge is 0.449 e. The Balaban J connectivity index is 2.43. The molecule has 1 aromatic carbocycles. The minimum atomic E-state index is -0.398. The molecule has 0 saturated carbocycles. The SMILES string of the molecule is CCCCOC(=O)Nc1cccc(CS)c1. The number of carbonyl (C=O) groups excluding carboxylic acids is 1. The van der Waals surface area contributed by atoms with Crippen LogP contribution in [-0.4, -0.2) is 12.7 Å². The number of benzene rings is 1. The van der Waals surface area contributed by atoms with Crippen molar-refractivity contribution in [1.82, 2.24) is 0 Å². The van der Waals surface area contributed by atoms with Crippen LogP contribution in [-0.2, 0) is 10.5 Å². The normalized spacial score (nSPS) is 9.88. The molecular formula is C12H17NO2S. The van der Waals surface area contributed by atoms with E-state index in [1.54, 1.807) is 0 Å². The van der Waals surface area contributed by atoms with E-state index in [0.29, 0.717) is 12.4 Å². The van der Waals surface area contributed by atoms with E-state index in [1.807, 2.05) is 24.3 Å².